The van der Waals surface area contributed by atoms with Gasteiger partial charge in [0.05, 0.1) is 11.2 Å². The maximum Gasteiger partial charge on any atom is 0.322 e. The molecule has 7 heteroatoms. The first-order valence-electron chi connectivity index (χ1n) is 9.45. The summed E-state index contributed by atoms with van der Waals surface area (Å²) in [4.78, 5) is 40.9. The average molecular weight is 386 g/mol. The first-order valence-corrected chi connectivity index (χ1v) is 9.45. The molecule has 1 spiro atoms. The Kier molecular flexibility index (Phi) is 3.84. The van der Waals surface area contributed by atoms with Crippen LogP contribution in [0.2, 0.25) is 0 Å². The number of carbonyl (C=O) groups excluding carboxylic acids is 3. The van der Waals surface area contributed by atoms with Crippen molar-refractivity contribution < 1.29 is 14.4 Å². The largest absolute Gasteiger partial charge is 0.323 e. The van der Waals surface area contributed by atoms with Crippen molar-refractivity contribution in [3.63, 3.8) is 0 Å². The van der Waals surface area contributed by atoms with Gasteiger partial charge in [-0.3, -0.25) is 19.9 Å². The van der Waals surface area contributed by atoms with Gasteiger partial charge in [0.25, 0.3) is 11.8 Å². The van der Waals surface area contributed by atoms with E-state index in [1.807, 2.05) is 42.5 Å². The van der Waals surface area contributed by atoms with Crippen LogP contribution >= 0.6 is 0 Å². The van der Waals surface area contributed by atoms with Crippen molar-refractivity contribution in [3.8, 4) is 0 Å². The molecule has 1 unspecified atom stereocenters. The highest BCUT2D eigenvalue weighted by atomic mass is 16.2. The van der Waals surface area contributed by atoms with Crippen LogP contribution < -0.4 is 16.0 Å². The van der Waals surface area contributed by atoms with E-state index in [0.717, 1.165) is 22.0 Å². The minimum Gasteiger partial charge on any atom is -0.323 e. The Morgan fingerprint density at radius 1 is 1.07 bits per heavy atom. The molecular formula is C22H18N4O3. The maximum atomic E-state index is 12.8. The van der Waals surface area contributed by atoms with Crippen molar-refractivity contribution in [1.29, 1.82) is 0 Å². The van der Waals surface area contributed by atoms with Crippen molar-refractivity contribution in [1.82, 2.24) is 15.6 Å². The van der Waals surface area contributed by atoms with Crippen molar-refractivity contribution in [2.45, 2.75) is 24.8 Å². The number of carbonyl (C=O) groups is 3. The van der Waals surface area contributed by atoms with Crippen LogP contribution in [0.15, 0.2) is 54.7 Å². The molecule has 0 bridgehead atoms. The number of amides is 4. The van der Waals surface area contributed by atoms with E-state index in [4.69, 9.17) is 0 Å². The number of fused-ring (bicyclic) bond motifs is 2. The third-order valence-electron chi connectivity index (χ3n) is 5.69. The van der Waals surface area contributed by atoms with Gasteiger partial charge in [-0.25, -0.2) is 4.79 Å². The molecule has 3 N–H and O–H groups in total. The Morgan fingerprint density at radius 2 is 1.97 bits per heavy atom. The SMILES string of the molecule is O=C1NC(=O)C2(CCc3cc(C(=O)Nc4cccc5ncccc45)ccc3C2)N1. The summed E-state index contributed by atoms with van der Waals surface area (Å²) >= 11 is 0. The lowest BCUT2D eigenvalue weighted by atomic mass is 9.77. The van der Waals surface area contributed by atoms with Gasteiger partial charge in [0.15, 0.2) is 0 Å². The Morgan fingerprint density at radius 3 is 2.79 bits per heavy atom. The van der Waals surface area contributed by atoms with E-state index in [9.17, 15) is 14.4 Å². The fourth-order valence-corrected chi connectivity index (χ4v) is 4.17. The van der Waals surface area contributed by atoms with E-state index in [2.05, 4.69) is 20.9 Å². The number of aryl methyl sites for hydroxylation is 1. The third kappa shape index (κ3) is 2.91. The molecule has 2 heterocycles. The summed E-state index contributed by atoms with van der Waals surface area (Å²) in [6.07, 6.45) is 3.27. The van der Waals surface area contributed by atoms with Crippen LogP contribution in [0.5, 0.6) is 0 Å². The lowest BCUT2D eigenvalue weighted by Crippen LogP contribution is -2.51. The van der Waals surface area contributed by atoms with Gasteiger partial charge < -0.3 is 10.6 Å². The number of aromatic nitrogens is 1. The molecule has 1 saturated heterocycles. The number of hydrogen-bond acceptors (Lipinski definition) is 4. The highest BCUT2D eigenvalue weighted by Crippen LogP contribution is 2.32. The van der Waals surface area contributed by atoms with Gasteiger partial charge in [-0.15, -0.1) is 0 Å². The molecule has 0 radical (unpaired) electrons. The summed E-state index contributed by atoms with van der Waals surface area (Å²) in [6.45, 7) is 0. The number of hydrogen-bond donors (Lipinski definition) is 3. The number of anilines is 1. The van der Waals surface area contributed by atoms with Crippen molar-refractivity contribution in [2.75, 3.05) is 5.32 Å². The van der Waals surface area contributed by atoms with Gasteiger partial charge in [-0.05, 0) is 60.4 Å². The molecule has 0 saturated carbocycles. The fraction of sp³-hybridized carbons (Fsp3) is 0.182. The van der Waals surface area contributed by atoms with Crippen molar-refractivity contribution >= 4 is 34.4 Å². The summed E-state index contributed by atoms with van der Waals surface area (Å²) in [5.74, 6) is -0.476. The van der Waals surface area contributed by atoms with Gasteiger partial charge >= 0.3 is 6.03 Å². The molecule has 7 nitrogen and oxygen atoms in total. The minimum absolute atomic E-state index is 0.198. The molecule has 5 rings (SSSR count). The second kappa shape index (κ2) is 6.41. The molecular weight excluding hydrogens is 368 g/mol. The van der Waals surface area contributed by atoms with Crippen LogP contribution in [-0.4, -0.2) is 28.4 Å². The Labute approximate surface area is 166 Å². The van der Waals surface area contributed by atoms with E-state index in [0.29, 0.717) is 30.5 Å². The standard InChI is InChI=1S/C22H18N4O3/c27-19(24-18-5-1-4-17-16(18)3-2-10-23-17)14-6-7-15-12-22(9-8-13(15)11-14)20(28)25-21(29)26-22/h1-7,10-11H,8-9,12H2,(H,24,27)(H2,25,26,28,29). The van der Waals surface area contributed by atoms with Gasteiger partial charge in [-0.1, -0.05) is 12.1 Å². The van der Waals surface area contributed by atoms with E-state index in [1.165, 1.54) is 0 Å². The molecule has 4 amide bonds. The number of pyridine rings is 1. The first-order chi connectivity index (χ1) is 14.0. The second-order valence-corrected chi connectivity index (χ2v) is 7.48. The molecule has 1 aromatic heterocycles. The maximum absolute atomic E-state index is 12.8. The molecule has 144 valence electrons. The molecule has 1 atom stereocenters. The Bertz CT molecular complexity index is 1180. The van der Waals surface area contributed by atoms with Crippen LogP contribution in [0.25, 0.3) is 10.9 Å². The summed E-state index contributed by atoms with van der Waals surface area (Å²) in [6, 6.07) is 14.4. The van der Waals surface area contributed by atoms with Crippen molar-refractivity contribution in [2.24, 2.45) is 0 Å². The van der Waals surface area contributed by atoms with Crippen LogP contribution in [0, 0.1) is 0 Å². The quantitative estimate of drug-likeness (QED) is 0.589. The Hall–Kier alpha value is -3.74. The van der Waals surface area contributed by atoms with Crippen LogP contribution in [-0.2, 0) is 17.6 Å². The molecule has 1 aliphatic heterocycles. The van der Waals surface area contributed by atoms with Crippen LogP contribution in [0.4, 0.5) is 10.5 Å². The topological polar surface area (TPSA) is 100 Å². The molecule has 1 fully saturated rings. The molecule has 2 aromatic carbocycles. The highest BCUT2D eigenvalue weighted by molar-refractivity contribution is 6.09. The molecule has 3 aromatic rings. The van der Waals surface area contributed by atoms with E-state index >= 15 is 0 Å². The number of nitrogens with zero attached hydrogens (tertiary/aromatic N) is 1. The lowest BCUT2D eigenvalue weighted by molar-refractivity contribution is -0.124. The number of benzene rings is 2. The third-order valence-corrected chi connectivity index (χ3v) is 5.69. The second-order valence-electron chi connectivity index (χ2n) is 7.48. The van der Waals surface area contributed by atoms with E-state index in [-0.39, 0.29) is 11.8 Å². The van der Waals surface area contributed by atoms with Gasteiger partial charge in [0, 0.05) is 23.6 Å². The molecule has 29 heavy (non-hydrogen) atoms. The first kappa shape index (κ1) is 17.4. The summed E-state index contributed by atoms with van der Waals surface area (Å²) < 4.78 is 0. The van der Waals surface area contributed by atoms with E-state index in [1.54, 1.807) is 12.3 Å². The zero-order chi connectivity index (χ0) is 20.0. The van der Waals surface area contributed by atoms with Crippen LogP contribution in [0.3, 0.4) is 0 Å². The average Bonchev–Trinajstić information content (AvgIpc) is 3.00. The Balaban J connectivity index is 1.40. The monoisotopic (exact) mass is 386 g/mol. The smallest absolute Gasteiger partial charge is 0.322 e. The summed E-state index contributed by atoms with van der Waals surface area (Å²) in [5.41, 5.74) is 3.21. The zero-order valence-corrected chi connectivity index (χ0v) is 15.5. The van der Waals surface area contributed by atoms with Gasteiger partial charge in [0.2, 0.25) is 0 Å². The minimum atomic E-state index is -0.871. The van der Waals surface area contributed by atoms with E-state index < -0.39 is 11.6 Å². The summed E-state index contributed by atoms with van der Waals surface area (Å²) in [5, 5.41) is 8.93. The van der Waals surface area contributed by atoms with Gasteiger partial charge in [-0.2, -0.15) is 0 Å². The van der Waals surface area contributed by atoms with Gasteiger partial charge in [0.1, 0.15) is 5.54 Å². The highest BCUT2D eigenvalue weighted by Gasteiger charge is 2.47. The number of imide groups is 1. The van der Waals surface area contributed by atoms with Crippen molar-refractivity contribution in [3.05, 3.63) is 71.4 Å². The normalized spacial score (nSPS) is 20.3. The number of rotatable bonds is 2. The lowest BCUT2D eigenvalue weighted by Gasteiger charge is -2.32. The fourth-order valence-electron chi connectivity index (χ4n) is 4.17. The van der Waals surface area contributed by atoms with Crippen LogP contribution in [0.1, 0.15) is 27.9 Å². The predicted octanol–water partition coefficient (Wildman–Crippen LogP) is 2.55. The molecule has 1 aliphatic carbocycles. The summed E-state index contributed by atoms with van der Waals surface area (Å²) in [7, 11) is 0. The number of nitrogens with one attached hydrogen (secondary N) is 3. The zero-order valence-electron chi connectivity index (χ0n) is 15.5. The predicted molar refractivity (Wildman–Crippen MR) is 108 cm³/mol. The number of urea groups is 1. The molecule has 2 aliphatic rings.